The monoisotopic (exact) mass is 355 g/mol. The van der Waals surface area contributed by atoms with Gasteiger partial charge in [0.1, 0.15) is 0 Å². The van der Waals surface area contributed by atoms with E-state index in [0.717, 1.165) is 23.3 Å². The fraction of sp³-hybridized carbons (Fsp3) is 0.300. The van der Waals surface area contributed by atoms with E-state index in [4.69, 9.17) is 4.74 Å². The van der Waals surface area contributed by atoms with Gasteiger partial charge in [-0.25, -0.2) is 4.79 Å². The normalized spacial score (nSPS) is 12.6. The van der Waals surface area contributed by atoms with Gasteiger partial charge in [0.2, 0.25) is 5.91 Å². The number of benzene rings is 2. The van der Waals surface area contributed by atoms with E-state index in [1.165, 1.54) is 36.4 Å². The number of ether oxygens (including phenoxy) is 1. The predicted octanol–water partition coefficient (Wildman–Crippen LogP) is 4.00. The number of carbonyl (C=O) groups excluding carboxylic acids is 2. The molecule has 25 heavy (non-hydrogen) atoms. The Morgan fingerprint density at radius 3 is 2.72 bits per heavy atom. The molecule has 1 N–H and O–H groups in total. The van der Waals surface area contributed by atoms with Crippen LogP contribution in [0.2, 0.25) is 0 Å². The molecule has 3 rings (SSSR count). The van der Waals surface area contributed by atoms with Crippen molar-refractivity contribution < 1.29 is 14.3 Å². The SMILES string of the molecule is COC(=O)c1ccc(C)c(NC(=O)CSc2ccc3c(c2)CCC3)c1. The summed E-state index contributed by atoms with van der Waals surface area (Å²) in [5.74, 6) is -0.167. The van der Waals surface area contributed by atoms with Gasteiger partial charge in [-0.3, -0.25) is 4.79 Å². The molecule has 0 spiro atoms. The van der Waals surface area contributed by atoms with E-state index in [2.05, 4.69) is 23.5 Å². The van der Waals surface area contributed by atoms with Gasteiger partial charge in [0.15, 0.2) is 0 Å². The molecule has 0 saturated carbocycles. The second kappa shape index (κ2) is 7.74. The lowest BCUT2D eigenvalue weighted by Crippen LogP contribution is -2.15. The number of anilines is 1. The standard InChI is InChI=1S/C20H21NO3S/c1-13-6-7-16(20(23)24-2)11-18(13)21-19(22)12-25-17-9-8-14-4-3-5-15(14)10-17/h6-11H,3-5,12H2,1-2H3,(H,21,22). The van der Waals surface area contributed by atoms with Crippen molar-refractivity contribution in [3.05, 3.63) is 58.7 Å². The molecule has 0 aliphatic heterocycles. The van der Waals surface area contributed by atoms with Gasteiger partial charge < -0.3 is 10.1 Å². The Morgan fingerprint density at radius 1 is 1.12 bits per heavy atom. The van der Waals surface area contributed by atoms with Crippen LogP contribution in [0.25, 0.3) is 0 Å². The number of methoxy groups -OCH3 is 1. The second-order valence-corrected chi connectivity index (χ2v) is 7.19. The Balaban J connectivity index is 1.62. The van der Waals surface area contributed by atoms with Crippen LogP contribution in [0, 0.1) is 6.92 Å². The number of carbonyl (C=O) groups is 2. The van der Waals surface area contributed by atoms with Gasteiger partial charge in [-0.1, -0.05) is 12.1 Å². The molecule has 130 valence electrons. The van der Waals surface area contributed by atoms with Crippen LogP contribution in [0.5, 0.6) is 0 Å². The quantitative estimate of drug-likeness (QED) is 0.651. The smallest absolute Gasteiger partial charge is 0.337 e. The van der Waals surface area contributed by atoms with E-state index in [9.17, 15) is 9.59 Å². The molecule has 0 bridgehead atoms. The number of nitrogens with one attached hydrogen (secondary N) is 1. The largest absolute Gasteiger partial charge is 0.465 e. The zero-order chi connectivity index (χ0) is 17.8. The first kappa shape index (κ1) is 17.5. The molecule has 0 atom stereocenters. The third kappa shape index (κ3) is 4.23. The van der Waals surface area contributed by atoms with E-state index >= 15 is 0 Å². The summed E-state index contributed by atoms with van der Waals surface area (Å²) >= 11 is 1.53. The molecule has 2 aromatic carbocycles. The third-order valence-electron chi connectivity index (χ3n) is 4.37. The van der Waals surface area contributed by atoms with Crippen LogP contribution in [-0.4, -0.2) is 24.7 Å². The summed E-state index contributed by atoms with van der Waals surface area (Å²) in [4.78, 5) is 25.0. The summed E-state index contributed by atoms with van der Waals surface area (Å²) in [6.07, 6.45) is 3.52. The molecule has 1 aliphatic carbocycles. The summed E-state index contributed by atoms with van der Waals surface area (Å²) in [5, 5.41) is 2.88. The maximum absolute atomic E-state index is 12.3. The fourth-order valence-electron chi connectivity index (χ4n) is 2.97. The van der Waals surface area contributed by atoms with Gasteiger partial charge in [-0.2, -0.15) is 0 Å². The lowest BCUT2D eigenvalue weighted by Gasteiger charge is -2.10. The van der Waals surface area contributed by atoms with Crippen molar-refractivity contribution in [1.82, 2.24) is 0 Å². The molecule has 0 aromatic heterocycles. The number of aryl methyl sites for hydroxylation is 3. The van der Waals surface area contributed by atoms with Crippen LogP contribution >= 0.6 is 11.8 Å². The predicted molar refractivity (Wildman–Crippen MR) is 100 cm³/mol. The first-order valence-corrected chi connectivity index (χ1v) is 9.29. The Kier molecular flexibility index (Phi) is 5.43. The maximum Gasteiger partial charge on any atom is 0.337 e. The maximum atomic E-state index is 12.3. The average molecular weight is 355 g/mol. The van der Waals surface area contributed by atoms with Gasteiger partial charge in [0.05, 0.1) is 18.4 Å². The summed E-state index contributed by atoms with van der Waals surface area (Å²) in [6.45, 7) is 1.89. The Hall–Kier alpha value is -2.27. The molecule has 0 saturated heterocycles. The number of rotatable bonds is 5. The highest BCUT2D eigenvalue weighted by Gasteiger charge is 2.13. The first-order valence-electron chi connectivity index (χ1n) is 8.30. The Labute approximate surface area is 152 Å². The Morgan fingerprint density at radius 2 is 1.92 bits per heavy atom. The van der Waals surface area contributed by atoms with Crippen molar-refractivity contribution in [2.75, 3.05) is 18.2 Å². The molecular weight excluding hydrogens is 334 g/mol. The van der Waals surface area contributed by atoms with E-state index in [-0.39, 0.29) is 5.91 Å². The van der Waals surface area contributed by atoms with Crippen molar-refractivity contribution >= 4 is 29.3 Å². The van der Waals surface area contributed by atoms with Crippen LogP contribution in [0.3, 0.4) is 0 Å². The van der Waals surface area contributed by atoms with Crippen molar-refractivity contribution in [2.45, 2.75) is 31.1 Å². The highest BCUT2D eigenvalue weighted by Crippen LogP contribution is 2.27. The van der Waals surface area contributed by atoms with Crippen LogP contribution in [-0.2, 0) is 22.4 Å². The van der Waals surface area contributed by atoms with Crippen LogP contribution in [0.15, 0.2) is 41.3 Å². The van der Waals surface area contributed by atoms with Gasteiger partial charge in [0, 0.05) is 10.6 Å². The third-order valence-corrected chi connectivity index (χ3v) is 5.37. The molecule has 2 aromatic rings. The lowest BCUT2D eigenvalue weighted by atomic mass is 10.1. The van der Waals surface area contributed by atoms with Crippen LogP contribution in [0.4, 0.5) is 5.69 Å². The van der Waals surface area contributed by atoms with Crippen molar-refractivity contribution in [3.63, 3.8) is 0 Å². The van der Waals surface area contributed by atoms with Crippen molar-refractivity contribution in [3.8, 4) is 0 Å². The molecular formula is C20H21NO3S. The number of fused-ring (bicyclic) bond motifs is 1. The molecule has 1 amide bonds. The van der Waals surface area contributed by atoms with Crippen molar-refractivity contribution in [1.29, 1.82) is 0 Å². The zero-order valence-electron chi connectivity index (χ0n) is 14.4. The van der Waals surface area contributed by atoms with Crippen LogP contribution < -0.4 is 5.32 Å². The Bertz CT molecular complexity index is 817. The van der Waals surface area contributed by atoms with E-state index in [0.29, 0.717) is 17.0 Å². The molecule has 0 fully saturated rings. The zero-order valence-corrected chi connectivity index (χ0v) is 15.2. The summed E-state index contributed by atoms with van der Waals surface area (Å²) in [6, 6.07) is 11.6. The highest BCUT2D eigenvalue weighted by molar-refractivity contribution is 8.00. The number of esters is 1. The van der Waals surface area contributed by atoms with Crippen molar-refractivity contribution in [2.24, 2.45) is 0 Å². The summed E-state index contributed by atoms with van der Waals surface area (Å²) < 4.78 is 4.72. The van der Waals surface area contributed by atoms with Gasteiger partial charge >= 0.3 is 5.97 Å². The van der Waals surface area contributed by atoms with Gasteiger partial charge in [-0.05, 0) is 67.1 Å². The minimum Gasteiger partial charge on any atom is -0.465 e. The summed E-state index contributed by atoms with van der Waals surface area (Å²) in [5.41, 5.74) is 4.82. The highest BCUT2D eigenvalue weighted by atomic mass is 32.2. The van der Waals surface area contributed by atoms with E-state index in [1.807, 2.05) is 6.92 Å². The minimum atomic E-state index is -0.414. The van der Waals surface area contributed by atoms with E-state index < -0.39 is 5.97 Å². The topological polar surface area (TPSA) is 55.4 Å². The molecule has 0 radical (unpaired) electrons. The lowest BCUT2D eigenvalue weighted by molar-refractivity contribution is -0.113. The van der Waals surface area contributed by atoms with Crippen LogP contribution in [0.1, 0.15) is 33.5 Å². The number of thioether (sulfide) groups is 1. The van der Waals surface area contributed by atoms with E-state index in [1.54, 1.807) is 18.2 Å². The van der Waals surface area contributed by atoms with Gasteiger partial charge in [-0.15, -0.1) is 11.8 Å². The fourth-order valence-corrected chi connectivity index (χ4v) is 3.73. The summed E-state index contributed by atoms with van der Waals surface area (Å²) in [7, 11) is 1.34. The van der Waals surface area contributed by atoms with Gasteiger partial charge in [0.25, 0.3) is 0 Å². The second-order valence-electron chi connectivity index (χ2n) is 6.14. The molecule has 4 nitrogen and oxygen atoms in total. The number of hydrogen-bond acceptors (Lipinski definition) is 4. The molecule has 1 aliphatic rings. The number of amides is 1. The molecule has 0 heterocycles. The average Bonchev–Trinajstić information content (AvgIpc) is 3.09. The minimum absolute atomic E-state index is 0.0874. The molecule has 5 heteroatoms. The molecule has 0 unspecified atom stereocenters. The first-order chi connectivity index (χ1) is 12.1. The number of hydrogen-bond donors (Lipinski definition) is 1.